The summed E-state index contributed by atoms with van der Waals surface area (Å²) in [5.74, 6) is 0. The molecular formula is C19H25ClN4O3. The van der Waals surface area contributed by atoms with Crippen molar-refractivity contribution in [2.24, 2.45) is 14.1 Å². The Labute approximate surface area is 163 Å². The lowest BCUT2D eigenvalue weighted by Crippen LogP contribution is -2.43. The van der Waals surface area contributed by atoms with Gasteiger partial charge in [0.15, 0.2) is 0 Å². The summed E-state index contributed by atoms with van der Waals surface area (Å²) in [5.41, 5.74) is 1.01. The molecule has 1 aromatic carbocycles. The normalized spacial score (nSPS) is 16.4. The second kappa shape index (κ2) is 8.84. The topological polar surface area (TPSA) is 68.5 Å². The maximum Gasteiger partial charge on any atom is 0.330 e. The number of nitrogens with one attached hydrogen (secondary N) is 1. The van der Waals surface area contributed by atoms with Crippen LogP contribution in [0.2, 0.25) is 5.02 Å². The maximum absolute atomic E-state index is 12.3. The Morgan fingerprint density at radius 3 is 2.59 bits per heavy atom. The van der Waals surface area contributed by atoms with Gasteiger partial charge < -0.3 is 14.6 Å². The molecule has 0 radical (unpaired) electrons. The fraction of sp³-hybridized carbons (Fsp3) is 0.474. The van der Waals surface area contributed by atoms with Gasteiger partial charge in [0.1, 0.15) is 0 Å². The largest absolute Gasteiger partial charge is 0.379 e. The Bertz CT molecular complexity index is 903. The molecule has 2 heterocycles. The van der Waals surface area contributed by atoms with Crippen molar-refractivity contribution in [3.8, 4) is 0 Å². The van der Waals surface area contributed by atoms with Crippen LogP contribution in [-0.4, -0.2) is 46.9 Å². The highest BCUT2D eigenvalue weighted by Crippen LogP contribution is 2.27. The first-order chi connectivity index (χ1) is 13.0. The predicted molar refractivity (Wildman–Crippen MR) is 105 cm³/mol. The lowest BCUT2D eigenvalue weighted by molar-refractivity contribution is 0.0161. The summed E-state index contributed by atoms with van der Waals surface area (Å²) < 4.78 is 8.02. The van der Waals surface area contributed by atoms with Gasteiger partial charge in [-0.15, -0.1) is 0 Å². The van der Waals surface area contributed by atoms with Crippen LogP contribution >= 0.6 is 11.6 Å². The number of aryl methyl sites for hydroxylation is 1. The van der Waals surface area contributed by atoms with E-state index in [-0.39, 0.29) is 17.3 Å². The van der Waals surface area contributed by atoms with E-state index < -0.39 is 0 Å². The maximum atomic E-state index is 12.3. The summed E-state index contributed by atoms with van der Waals surface area (Å²) in [6, 6.07) is 7.92. The number of aromatic nitrogens is 2. The number of hydrogen-bond donors (Lipinski definition) is 1. The molecule has 1 N–H and O–H groups in total. The van der Waals surface area contributed by atoms with Crippen molar-refractivity contribution in [2.75, 3.05) is 32.8 Å². The SMILES string of the molecule is Cn1cc(CNCC(c2ccccc2Cl)N2CCOCC2)c(=O)n(C)c1=O. The Balaban J connectivity index is 1.77. The molecule has 1 aromatic heterocycles. The first-order valence-corrected chi connectivity index (χ1v) is 9.39. The van der Waals surface area contributed by atoms with Crippen molar-refractivity contribution in [1.82, 2.24) is 19.4 Å². The number of halogens is 1. The predicted octanol–water partition coefficient (Wildman–Crippen LogP) is 0.901. The van der Waals surface area contributed by atoms with Crippen molar-refractivity contribution < 1.29 is 4.74 Å². The van der Waals surface area contributed by atoms with Gasteiger partial charge in [-0.05, 0) is 11.6 Å². The minimum absolute atomic E-state index is 0.0824. The molecule has 7 nitrogen and oxygen atoms in total. The fourth-order valence-corrected chi connectivity index (χ4v) is 3.68. The number of morpholine rings is 1. The minimum Gasteiger partial charge on any atom is -0.379 e. The van der Waals surface area contributed by atoms with Crippen LogP contribution in [0.4, 0.5) is 0 Å². The Morgan fingerprint density at radius 1 is 1.19 bits per heavy atom. The van der Waals surface area contributed by atoms with Crippen LogP contribution in [0, 0.1) is 0 Å². The summed E-state index contributed by atoms with van der Waals surface area (Å²) in [4.78, 5) is 26.5. The van der Waals surface area contributed by atoms with Gasteiger partial charge in [-0.3, -0.25) is 14.3 Å². The van der Waals surface area contributed by atoms with Crippen molar-refractivity contribution in [3.63, 3.8) is 0 Å². The molecule has 0 amide bonds. The minimum atomic E-state index is -0.328. The van der Waals surface area contributed by atoms with Gasteiger partial charge >= 0.3 is 5.69 Å². The van der Waals surface area contributed by atoms with Crippen molar-refractivity contribution >= 4 is 11.6 Å². The smallest absolute Gasteiger partial charge is 0.330 e. The number of nitrogens with zero attached hydrogens (tertiary/aromatic N) is 3. The van der Waals surface area contributed by atoms with Gasteiger partial charge in [-0.1, -0.05) is 29.8 Å². The average Bonchev–Trinajstić information content (AvgIpc) is 2.69. The first kappa shape index (κ1) is 19.8. The molecule has 0 bridgehead atoms. The summed E-state index contributed by atoms with van der Waals surface area (Å²) in [5, 5.41) is 4.10. The molecule has 0 aliphatic carbocycles. The molecule has 0 saturated carbocycles. The standard InChI is InChI=1S/C19H25ClN4O3/c1-22-13-14(18(25)23(2)19(22)26)11-21-12-17(24-7-9-27-10-8-24)15-5-3-4-6-16(15)20/h3-6,13,17,21H,7-12H2,1-2H3. The zero-order valence-corrected chi connectivity index (χ0v) is 16.4. The van der Waals surface area contributed by atoms with E-state index in [4.69, 9.17) is 16.3 Å². The van der Waals surface area contributed by atoms with E-state index in [0.29, 0.717) is 31.9 Å². The van der Waals surface area contributed by atoms with Gasteiger partial charge in [-0.25, -0.2) is 4.79 Å². The molecule has 0 spiro atoms. The van der Waals surface area contributed by atoms with Crippen LogP contribution in [0.3, 0.4) is 0 Å². The first-order valence-electron chi connectivity index (χ1n) is 9.01. The molecule has 1 aliphatic heterocycles. The van der Waals surface area contributed by atoms with E-state index in [1.54, 1.807) is 13.2 Å². The fourth-order valence-electron chi connectivity index (χ4n) is 3.42. The van der Waals surface area contributed by atoms with Gasteiger partial charge in [0.2, 0.25) is 0 Å². The van der Waals surface area contributed by atoms with E-state index in [9.17, 15) is 9.59 Å². The van der Waals surface area contributed by atoms with Crippen LogP contribution in [-0.2, 0) is 25.4 Å². The molecule has 27 heavy (non-hydrogen) atoms. The zero-order valence-electron chi connectivity index (χ0n) is 15.7. The van der Waals surface area contributed by atoms with E-state index in [2.05, 4.69) is 10.2 Å². The van der Waals surface area contributed by atoms with E-state index in [1.807, 2.05) is 24.3 Å². The Hall–Kier alpha value is -1.93. The lowest BCUT2D eigenvalue weighted by Gasteiger charge is -2.35. The number of ether oxygens (including phenoxy) is 1. The molecule has 3 rings (SSSR count). The Morgan fingerprint density at radius 2 is 1.89 bits per heavy atom. The number of rotatable bonds is 6. The highest BCUT2D eigenvalue weighted by atomic mass is 35.5. The highest BCUT2D eigenvalue weighted by Gasteiger charge is 2.24. The summed E-state index contributed by atoms with van der Waals surface area (Å²) in [6.07, 6.45) is 1.59. The van der Waals surface area contributed by atoms with E-state index in [0.717, 1.165) is 28.2 Å². The van der Waals surface area contributed by atoms with Crippen molar-refractivity contribution in [3.05, 3.63) is 67.4 Å². The van der Waals surface area contributed by atoms with Crippen molar-refractivity contribution in [2.45, 2.75) is 12.6 Å². The van der Waals surface area contributed by atoms with Crippen LogP contribution < -0.4 is 16.6 Å². The summed E-state index contributed by atoms with van der Waals surface area (Å²) in [7, 11) is 3.14. The van der Waals surface area contributed by atoms with Crippen LogP contribution in [0.1, 0.15) is 17.2 Å². The third-order valence-corrected chi connectivity index (χ3v) is 5.27. The lowest BCUT2D eigenvalue weighted by atomic mass is 10.0. The van der Waals surface area contributed by atoms with Gasteiger partial charge in [0.05, 0.1) is 13.2 Å². The molecule has 8 heteroatoms. The van der Waals surface area contributed by atoms with E-state index >= 15 is 0 Å². The molecule has 1 saturated heterocycles. The van der Waals surface area contributed by atoms with Crippen LogP contribution in [0.15, 0.2) is 40.1 Å². The molecule has 1 atom stereocenters. The second-order valence-corrected chi connectivity index (χ2v) is 7.14. The molecule has 2 aromatic rings. The zero-order chi connectivity index (χ0) is 19.4. The molecule has 146 valence electrons. The third-order valence-electron chi connectivity index (χ3n) is 4.92. The van der Waals surface area contributed by atoms with Crippen LogP contribution in [0.25, 0.3) is 0 Å². The highest BCUT2D eigenvalue weighted by molar-refractivity contribution is 6.31. The van der Waals surface area contributed by atoms with Gasteiger partial charge in [-0.2, -0.15) is 0 Å². The number of benzene rings is 1. The Kier molecular flexibility index (Phi) is 6.49. The van der Waals surface area contributed by atoms with E-state index in [1.165, 1.54) is 11.6 Å². The van der Waals surface area contributed by atoms with Crippen LogP contribution in [0.5, 0.6) is 0 Å². The van der Waals surface area contributed by atoms with Gasteiger partial charge in [0.25, 0.3) is 5.56 Å². The molecule has 1 unspecified atom stereocenters. The second-order valence-electron chi connectivity index (χ2n) is 6.73. The van der Waals surface area contributed by atoms with Gasteiger partial charge in [0, 0.05) is 63.1 Å². The molecular weight excluding hydrogens is 368 g/mol. The third kappa shape index (κ3) is 4.50. The average molecular weight is 393 g/mol. The summed E-state index contributed by atoms with van der Waals surface area (Å²) >= 11 is 6.44. The van der Waals surface area contributed by atoms with Crippen molar-refractivity contribution in [1.29, 1.82) is 0 Å². The monoisotopic (exact) mass is 392 g/mol. The molecule has 1 fully saturated rings. The molecule has 1 aliphatic rings. The number of hydrogen-bond acceptors (Lipinski definition) is 5. The quantitative estimate of drug-likeness (QED) is 0.791. The summed E-state index contributed by atoms with van der Waals surface area (Å²) in [6.45, 7) is 4.07.